The maximum atomic E-state index is 12.0. The lowest BCUT2D eigenvalue weighted by molar-refractivity contribution is -0.383. The fourth-order valence-corrected chi connectivity index (χ4v) is 2.51. The molecule has 2 aromatic carbocycles. The number of aromatic amines is 1. The first-order valence-corrected chi connectivity index (χ1v) is 7.80. The molecular formula is C17H12ClN3O5. The summed E-state index contributed by atoms with van der Waals surface area (Å²) in [5.41, 5.74) is 0.580. The van der Waals surface area contributed by atoms with Crippen LogP contribution in [0.4, 0.5) is 11.4 Å². The molecule has 0 bridgehead atoms. The summed E-state index contributed by atoms with van der Waals surface area (Å²) in [6.45, 7) is -0.589. The van der Waals surface area contributed by atoms with Crippen LogP contribution in [0.1, 0.15) is 10.5 Å². The number of anilines is 1. The van der Waals surface area contributed by atoms with Crippen molar-refractivity contribution in [1.82, 2.24) is 4.98 Å². The van der Waals surface area contributed by atoms with Crippen LogP contribution in [-0.2, 0) is 9.53 Å². The van der Waals surface area contributed by atoms with Crippen molar-refractivity contribution in [2.75, 3.05) is 11.9 Å². The molecule has 1 aromatic heterocycles. The number of H-pyrrole nitrogens is 1. The topological polar surface area (TPSA) is 114 Å². The summed E-state index contributed by atoms with van der Waals surface area (Å²) >= 11 is 5.71. The first-order valence-electron chi connectivity index (χ1n) is 7.43. The zero-order chi connectivity index (χ0) is 18.7. The van der Waals surface area contributed by atoms with Gasteiger partial charge in [-0.3, -0.25) is 14.9 Å². The van der Waals surface area contributed by atoms with E-state index in [9.17, 15) is 19.7 Å². The summed E-state index contributed by atoms with van der Waals surface area (Å²) in [4.78, 5) is 37.2. The van der Waals surface area contributed by atoms with Crippen LogP contribution in [0, 0.1) is 10.1 Å². The number of rotatable bonds is 5. The van der Waals surface area contributed by atoms with Crippen molar-refractivity contribution in [3.63, 3.8) is 0 Å². The molecule has 9 heteroatoms. The van der Waals surface area contributed by atoms with E-state index < -0.39 is 23.4 Å². The number of aromatic nitrogens is 1. The van der Waals surface area contributed by atoms with E-state index >= 15 is 0 Å². The average molecular weight is 374 g/mol. The number of carbonyl (C=O) groups is 2. The summed E-state index contributed by atoms with van der Waals surface area (Å²) < 4.78 is 4.94. The fourth-order valence-electron chi connectivity index (χ4n) is 2.34. The van der Waals surface area contributed by atoms with Gasteiger partial charge in [-0.25, -0.2) is 4.79 Å². The van der Waals surface area contributed by atoms with Gasteiger partial charge in [0.1, 0.15) is 11.4 Å². The van der Waals surface area contributed by atoms with Gasteiger partial charge in [0, 0.05) is 22.0 Å². The molecule has 0 unspecified atom stereocenters. The quantitative estimate of drug-likeness (QED) is 0.403. The lowest BCUT2D eigenvalue weighted by Gasteiger charge is -2.07. The predicted octanol–water partition coefficient (Wildman–Crippen LogP) is 3.53. The molecule has 1 heterocycles. The molecule has 0 spiro atoms. The average Bonchev–Trinajstić information content (AvgIpc) is 3.05. The predicted molar refractivity (Wildman–Crippen MR) is 95.3 cm³/mol. The number of hydrogen-bond donors (Lipinski definition) is 2. The molecule has 26 heavy (non-hydrogen) atoms. The molecule has 132 valence electrons. The van der Waals surface area contributed by atoms with E-state index in [1.54, 1.807) is 12.1 Å². The first-order chi connectivity index (χ1) is 12.4. The van der Waals surface area contributed by atoms with Gasteiger partial charge >= 0.3 is 5.97 Å². The number of hydrogen-bond acceptors (Lipinski definition) is 5. The van der Waals surface area contributed by atoms with E-state index in [0.29, 0.717) is 0 Å². The number of nitrogens with zero attached hydrogens (tertiary/aromatic N) is 1. The SMILES string of the molecule is O=C(COC(=O)c1cc2ccccc2[nH]1)Nc1ccc(Cl)cc1[N+](=O)[O-]. The van der Waals surface area contributed by atoms with E-state index in [4.69, 9.17) is 16.3 Å². The van der Waals surface area contributed by atoms with E-state index in [1.165, 1.54) is 12.1 Å². The Kier molecular flexibility index (Phi) is 4.85. The van der Waals surface area contributed by atoms with Crippen LogP contribution in [0.25, 0.3) is 10.9 Å². The van der Waals surface area contributed by atoms with Gasteiger partial charge in [-0.15, -0.1) is 0 Å². The number of nitro benzene ring substituents is 1. The molecule has 0 atom stereocenters. The van der Waals surface area contributed by atoms with Crippen LogP contribution in [-0.4, -0.2) is 28.4 Å². The molecule has 2 N–H and O–H groups in total. The Morgan fingerprint density at radius 3 is 2.69 bits per heavy atom. The van der Waals surface area contributed by atoms with Crippen molar-refractivity contribution in [2.45, 2.75) is 0 Å². The first kappa shape index (κ1) is 17.4. The highest BCUT2D eigenvalue weighted by Crippen LogP contribution is 2.27. The van der Waals surface area contributed by atoms with Gasteiger partial charge in [-0.2, -0.15) is 0 Å². The minimum Gasteiger partial charge on any atom is -0.451 e. The Morgan fingerprint density at radius 1 is 1.19 bits per heavy atom. The maximum Gasteiger partial charge on any atom is 0.355 e. The second kappa shape index (κ2) is 7.24. The standard InChI is InChI=1S/C17H12ClN3O5/c18-11-5-6-13(15(8-11)21(24)25)20-16(22)9-26-17(23)14-7-10-3-1-2-4-12(10)19-14/h1-8,19H,9H2,(H,20,22). The van der Waals surface area contributed by atoms with Crippen molar-refractivity contribution < 1.29 is 19.2 Å². The molecular weight excluding hydrogens is 362 g/mol. The van der Waals surface area contributed by atoms with Gasteiger partial charge in [-0.1, -0.05) is 29.8 Å². The van der Waals surface area contributed by atoms with Crippen molar-refractivity contribution in [3.8, 4) is 0 Å². The number of fused-ring (bicyclic) bond motifs is 1. The van der Waals surface area contributed by atoms with Gasteiger partial charge in [0.15, 0.2) is 6.61 Å². The number of para-hydroxylation sites is 1. The van der Waals surface area contributed by atoms with Gasteiger partial charge in [0.25, 0.3) is 11.6 Å². The maximum absolute atomic E-state index is 12.0. The number of nitro groups is 1. The second-order valence-corrected chi connectivity index (χ2v) is 5.75. The van der Waals surface area contributed by atoms with Gasteiger partial charge in [0.2, 0.25) is 0 Å². The molecule has 1 amide bonds. The third-order valence-corrected chi connectivity index (χ3v) is 3.75. The zero-order valence-electron chi connectivity index (χ0n) is 13.2. The number of amides is 1. The van der Waals surface area contributed by atoms with E-state index in [2.05, 4.69) is 10.3 Å². The minimum atomic E-state index is -0.708. The van der Waals surface area contributed by atoms with Gasteiger partial charge in [0.05, 0.1) is 4.92 Å². The summed E-state index contributed by atoms with van der Waals surface area (Å²) in [7, 11) is 0. The Labute approximate surface area is 151 Å². The molecule has 3 aromatic rings. The highest BCUT2D eigenvalue weighted by atomic mass is 35.5. The van der Waals surface area contributed by atoms with Crippen LogP contribution in [0.2, 0.25) is 5.02 Å². The number of benzene rings is 2. The largest absolute Gasteiger partial charge is 0.451 e. The van der Waals surface area contributed by atoms with Gasteiger partial charge in [-0.05, 0) is 24.3 Å². The molecule has 0 fully saturated rings. The third kappa shape index (κ3) is 3.81. The lowest BCUT2D eigenvalue weighted by atomic mass is 10.2. The van der Waals surface area contributed by atoms with Crippen LogP contribution in [0.15, 0.2) is 48.5 Å². The summed E-state index contributed by atoms with van der Waals surface area (Å²) in [6.07, 6.45) is 0. The monoisotopic (exact) mass is 373 g/mol. The fraction of sp³-hybridized carbons (Fsp3) is 0.0588. The zero-order valence-corrected chi connectivity index (χ0v) is 13.9. The number of esters is 1. The van der Waals surface area contributed by atoms with Crippen molar-refractivity contribution in [2.24, 2.45) is 0 Å². The highest BCUT2D eigenvalue weighted by Gasteiger charge is 2.18. The molecule has 0 radical (unpaired) electrons. The van der Waals surface area contributed by atoms with Crippen LogP contribution in [0.3, 0.4) is 0 Å². The molecule has 0 saturated carbocycles. The number of nitrogens with one attached hydrogen (secondary N) is 2. The summed E-state index contributed by atoms with van der Waals surface area (Å²) in [5.74, 6) is -1.41. The lowest BCUT2D eigenvalue weighted by Crippen LogP contribution is -2.21. The van der Waals surface area contributed by atoms with E-state index in [1.807, 2.05) is 18.2 Å². The smallest absolute Gasteiger partial charge is 0.355 e. The second-order valence-electron chi connectivity index (χ2n) is 5.31. The normalized spacial score (nSPS) is 10.5. The Hall–Kier alpha value is -3.39. The number of carbonyl (C=O) groups excluding carboxylic acids is 2. The Bertz CT molecular complexity index is 982. The van der Waals surface area contributed by atoms with Crippen LogP contribution < -0.4 is 5.32 Å². The molecule has 0 aliphatic carbocycles. The summed E-state index contributed by atoms with van der Waals surface area (Å²) in [6, 6.07) is 12.7. The van der Waals surface area contributed by atoms with Crippen LogP contribution in [0.5, 0.6) is 0 Å². The van der Waals surface area contributed by atoms with Crippen molar-refractivity contribution >= 4 is 45.8 Å². The van der Waals surface area contributed by atoms with Crippen LogP contribution >= 0.6 is 11.6 Å². The Balaban J connectivity index is 1.64. The van der Waals surface area contributed by atoms with Crippen molar-refractivity contribution in [1.29, 1.82) is 0 Å². The number of ether oxygens (including phenoxy) is 1. The summed E-state index contributed by atoms with van der Waals surface area (Å²) in [5, 5.41) is 14.3. The molecule has 0 aliphatic heterocycles. The molecule has 8 nitrogen and oxygen atoms in total. The highest BCUT2D eigenvalue weighted by molar-refractivity contribution is 6.31. The number of halogens is 1. The molecule has 0 saturated heterocycles. The Morgan fingerprint density at radius 2 is 1.96 bits per heavy atom. The molecule has 3 rings (SSSR count). The minimum absolute atomic E-state index is 0.0361. The van der Waals surface area contributed by atoms with E-state index in [-0.39, 0.29) is 22.1 Å². The van der Waals surface area contributed by atoms with E-state index in [0.717, 1.165) is 17.0 Å². The van der Waals surface area contributed by atoms with Crippen molar-refractivity contribution in [3.05, 3.63) is 69.4 Å². The van der Waals surface area contributed by atoms with Gasteiger partial charge < -0.3 is 15.0 Å². The molecule has 0 aliphatic rings. The third-order valence-electron chi connectivity index (χ3n) is 3.51.